The zero-order valence-electron chi connectivity index (χ0n) is 11.0. The van der Waals surface area contributed by atoms with Crippen LogP contribution in [0, 0.1) is 0 Å². The molecule has 2 heterocycles. The molecule has 0 radical (unpaired) electrons. The Morgan fingerprint density at radius 2 is 2.10 bits per heavy atom. The van der Waals surface area contributed by atoms with Crippen LogP contribution in [-0.4, -0.2) is 22.5 Å². The average Bonchev–Trinajstić information content (AvgIpc) is 2.94. The van der Waals surface area contributed by atoms with Gasteiger partial charge < -0.3 is 9.14 Å². The molecule has 21 heavy (non-hydrogen) atoms. The quantitative estimate of drug-likeness (QED) is 0.668. The highest BCUT2D eigenvalue weighted by Crippen LogP contribution is 2.32. The van der Waals surface area contributed by atoms with E-state index < -0.39 is 5.97 Å². The molecule has 0 saturated carbocycles. The van der Waals surface area contributed by atoms with Crippen molar-refractivity contribution in [3.8, 4) is 11.3 Å². The first-order chi connectivity index (χ1) is 10.1. The van der Waals surface area contributed by atoms with Crippen LogP contribution in [0.15, 0.2) is 42.7 Å². The van der Waals surface area contributed by atoms with E-state index in [4.69, 9.17) is 27.9 Å². The lowest BCUT2D eigenvalue weighted by atomic mass is 10.1. The van der Waals surface area contributed by atoms with Crippen molar-refractivity contribution >= 4 is 34.7 Å². The molecule has 3 rings (SSSR count). The first-order valence-corrected chi connectivity index (χ1v) is 6.87. The Balaban J connectivity index is 2.37. The number of carbonyl (C=O) groups excluding carboxylic acids is 1. The van der Waals surface area contributed by atoms with Gasteiger partial charge >= 0.3 is 5.97 Å². The Kier molecular flexibility index (Phi) is 3.57. The number of hydrogen-bond donors (Lipinski definition) is 0. The second kappa shape index (κ2) is 5.39. The fourth-order valence-electron chi connectivity index (χ4n) is 2.19. The summed E-state index contributed by atoms with van der Waals surface area (Å²) >= 11 is 12.2. The number of aromatic nitrogens is 2. The summed E-state index contributed by atoms with van der Waals surface area (Å²) in [5, 5.41) is 0.965. The van der Waals surface area contributed by atoms with Gasteiger partial charge in [0.15, 0.2) is 5.69 Å². The van der Waals surface area contributed by atoms with E-state index in [0.29, 0.717) is 21.3 Å². The standard InChI is InChI=1S/C15H10Cl2N2O2/c1-21-15(20)13-14(11-5-4-9(16)7-12(11)17)19-6-2-3-10(19)8-18-13/h2-8H,1H3. The number of carbonyl (C=O) groups is 1. The van der Waals surface area contributed by atoms with Gasteiger partial charge in [0.1, 0.15) is 0 Å². The summed E-state index contributed by atoms with van der Waals surface area (Å²) < 4.78 is 6.65. The van der Waals surface area contributed by atoms with Crippen LogP contribution in [0.1, 0.15) is 10.5 Å². The monoisotopic (exact) mass is 320 g/mol. The molecule has 4 nitrogen and oxygen atoms in total. The molecule has 106 valence electrons. The maximum atomic E-state index is 12.0. The number of rotatable bonds is 2. The maximum absolute atomic E-state index is 12.0. The molecule has 0 bridgehead atoms. The van der Waals surface area contributed by atoms with Crippen molar-refractivity contribution in [1.82, 2.24) is 9.38 Å². The van der Waals surface area contributed by atoms with Crippen LogP contribution in [0.4, 0.5) is 0 Å². The fourth-order valence-corrected chi connectivity index (χ4v) is 2.69. The van der Waals surface area contributed by atoms with Crippen molar-refractivity contribution in [2.75, 3.05) is 7.11 Å². The van der Waals surface area contributed by atoms with Crippen LogP contribution in [0.25, 0.3) is 16.8 Å². The van der Waals surface area contributed by atoms with Crippen molar-refractivity contribution in [1.29, 1.82) is 0 Å². The topological polar surface area (TPSA) is 43.6 Å². The lowest BCUT2D eigenvalue weighted by molar-refractivity contribution is 0.0594. The normalized spacial score (nSPS) is 10.8. The molecule has 0 fully saturated rings. The first kappa shape index (κ1) is 13.9. The summed E-state index contributed by atoms with van der Waals surface area (Å²) in [6, 6.07) is 8.86. The van der Waals surface area contributed by atoms with Crippen molar-refractivity contribution in [2.24, 2.45) is 0 Å². The molecule has 0 unspecified atom stereocenters. The molecule has 0 saturated heterocycles. The van der Waals surface area contributed by atoms with Gasteiger partial charge in [-0.05, 0) is 30.3 Å². The lowest BCUT2D eigenvalue weighted by Crippen LogP contribution is -2.10. The van der Waals surface area contributed by atoms with Crippen LogP contribution in [0.2, 0.25) is 10.0 Å². The zero-order valence-corrected chi connectivity index (χ0v) is 12.5. The Morgan fingerprint density at radius 3 is 2.81 bits per heavy atom. The molecular formula is C15H10Cl2N2O2. The van der Waals surface area contributed by atoms with E-state index in [1.807, 2.05) is 22.7 Å². The highest BCUT2D eigenvalue weighted by Gasteiger charge is 2.20. The van der Waals surface area contributed by atoms with Crippen LogP contribution < -0.4 is 0 Å². The molecule has 0 aliphatic carbocycles. The minimum absolute atomic E-state index is 0.199. The van der Waals surface area contributed by atoms with Crippen LogP contribution >= 0.6 is 23.2 Å². The highest BCUT2D eigenvalue weighted by atomic mass is 35.5. The van der Waals surface area contributed by atoms with Crippen molar-refractivity contribution in [3.63, 3.8) is 0 Å². The van der Waals surface area contributed by atoms with Crippen LogP contribution in [0.5, 0.6) is 0 Å². The van der Waals surface area contributed by atoms with Gasteiger partial charge in [-0.3, -0.25) is 0 Å². The molecule has 2 aromatic heterocycles. The van der Waals surface area contributed by atoms with Gasteiger partial charge in [-0.25, -0.2) is 9.78 Å². The third kappa shape index (κ3) is 2.37. The van der Waals surface area contributed by atoms with E-state index in [-0.39, 0.29) is 5.69 Å². The van der Waals surface area contributed by atoms with E-state index in [1.165, 1.54) is 7.11 Å². The van der Waals surface area contributed by atoms with Gasteiger partial charge in [0.2, 0.25) is 0 Å². The fraction of sp³-hybridized carbons (Fsp3) is 0.0667. The van der Waals surface area contributed by atoms with E-state index in [0.717, 1.165) is 5.52 Å². The minimum atomic E-state index is -0.522. The molecule has 0 amide bonds. The number of benzene rings is 1. The second-order valence-electron chi connectivity index (χ2n) is 4.37. The van der Waals surface area contributed by atoms with E-state index in [1.54, 1.807) is 24.4 Å². The van der Waals surface area contributed by atoms with Crippen molar-refractivity contribution < 1.29 is 9.53 Å². The smallest absolute Gasteiger partial charge is 0.358 e. The minimum Gasteiger partial charge on any atom is -0.464 e. The number of halogens is 2. The zero-order chi connectivity index (χ0) is 15.0. The predicted molar refractivity (Wildman–Crippen MR) is 82.0 cm³/mol. The molecule has 0 atom stereocenters. The van der Waals surface area contributed by atoms with Gasteiger partial charge in [0.25, 0.3) is 0 Å². The molecule has 0 spiro atoms. The van der Waals surface area contributed by atoms with E-state index in [2.05, 4.69) is 4.98 Å². The highest BCUT2D eigenvalue weighted by molar-refractivity contribution is 6.36. The first-order valence-electron chi connectivity index (χ1n) is 6.11. The average molecular weight is 321 g/mol. The number of nitrogens with zero attached hydrogens (tertiary/aromatic N) is 2. The molecular weight excluding hydrogens is 311 g/mol. The summed E-state index contributed by atoms with van der Waals surface area (Å²) in [6.45, 7) is 0. The maximum Gasteiger partial charge on any atom is 0.358 e. The third-order valence-electron chi connectivity index (χ3n) is 3.14. The van der Waals surface area contributed by atoms with Gasteiger partial charge in [-0.1, -0.05) is 23.2 Å². The Morgan fingerprint density at radius 1 is 1.29 bits per heavy atom. The predicted octanol–water partition coefficient (Wildman–Crippen LogP) is 4.09. The number of methoxy groups -OCH3 is 1. The summed E-state index contributed by atoms with van der Waals surface area (Å²) in [6.07, 6.45) is 3.45. The molecule has 1 aromatic carbocycles. The van der Waals surface area contributed by atoms with E-state index >= 15 is 0 Å². The van der Waals surface area contributed by atoms with Gasteiger partial charge in [0.05, 0.1) is 29.5 Å². The van der Waals surface area contributed by atoms with Crippen molar-refractivity contribution in [3.05, 3.63) is 58.5 Å². The van der Waals surface area contributed by atoms with Crippen LogP contribution in [0.3, 0.4) is 0 Å². The second-order valence-corrected chi connectivity index (χ2v) is 5.22. The largest absolute Gasteiger partial charge is 0.464 e. The molecule has 0 aliphatic rings. The molecule has 6 heteroatoms. The Hall–Kier alpha value is -2.04. The summed E-state index contributed by atoms with van der Waals surface area (Å²) in [4.78, 5) is 16.2. The Labute approximate surface area is 130 Å². The van der Waals surface area contributed by atoms with Crippen LogP contribution in [-0.2, 0) is 4.74 Å². The molecule has 0 aliphatic heterocycles. The molecule has 3 aromatic rings. The van der Waals surface area contributed by atoms with Gasteiger partial charge in [-0.2, -0.15) is 0 Å². The lowest BCUT2D eigenvalue weighted by Gasteiger charge is -2.12. The summed E-state index contributed by atoms with van der Waals surface area (Å²) in [5.74, 6) is -0.522. The number of hydrogen-bond acceptors (Lipinski definition) is 3. The SMILES string of the molecule is COC(=O)c1ncc2cccn2c1-c1ccc(Cl)cc1Cl. The van der Waals surface area contributed by atoms with Gasteiger partial charge in [-0.15, -0.1) is 0 Å². The number of esters is 1. The number of ether oxygens (including phenoxy) is 1. The van der Waals surface area contributed by atoms with Crippen molar-refractivity contribution in [2.45, 2.75) is 0 Å². The number of fused-ring (bicyclic) bond motifs is 1. The molecule has 0 N–H and O–H groups in total. The van der Waals surface area contributed by atoms with Gasteiger partial charge in [0, 0.05) is 16.8 Å². The van der Waals surface area contributed by atoms with E-state index in [9.17, 15) is 4.79 Å². The summed E-state index contributed by atoms with van der Waals surface area (Å²) in [5.41, 5.74) is 2.29. The summed E-state index contributed by atoms with van der Waals surface area (Å²) in [7, 11) is 1.32. The Bertz CT molecular complexity index is 843. The third-order valence-corrected chi connectivity index (χ3v) is 3.68.